The molecule has 1 aliphatic carbocycles. The van der Waals surface area contributed by atoms with E-state index in [2.05, 4.69) is 25.5 Å². The topological polar surface area (TPSA) is 89.9 Å². The van der Waals surface area contributed by atoms with Gasteiger partial charge in [0, 0.05) is 41.8 Å². The van der Waals surface area contributed by atoms with Crippen LogP contribution in [-0.2, 0) is 6.42 Å². The first kappa shape index (κ1) is 23.4. The number of anilines is 1. The Bertz CT molecular complexity index is 1170. The maximum Gasteiger partial charge on any atom is 0.259 e. The van der Waals surface area contributed by atoms with Gasteiger partial charge in [0.15, 0.2) is 0 Å². The number of hydrogen-bond acceptors (Lipinski definition) is 7. The molecule has 7 nitrogen and oxygen atoms in total. The highest BCUT2D eigenvalue weighted by Crippen LogP contribution is 2.46. The van der Waals surface area contributed by atoms with Crippen LogP contribution in [-0.4, -0.2) is 39.1 Å². The van der Waals surface area contributed by atoms with E-state index in [1.807, 2.05) is 6.92 Å². The van der Waals surface area contributed by atoms with Gasteiger partial charge in [0.25, 0.3) is 11.8 Å². The van der Waals surface area contributed by atoms with Crippen molar-refractivity contribution >= 4 is 34.0 Å². The molecule has 0 bridgehead atoms. The van der Waals surface area contributed by atoms with E-state index in [1.165, 1.54) is 30.8 Å². The molecule has 3 heterocycles. The third-order valence-electron chi connectivity index (χ3n) is 5.68. The highest BCUT2D eigenvalue weighted by atomic mass is 35.5. The van der Waals surface area contributed by atoms with E-state index in [9.17, 15) is 13.6 Å². The molecule has 0 spiro atoms. The first-order valence-corrected chi connectivity index (χ1v) is 11.6. The Kier molecular flexibility index (Phi) is 6.85. The molecule has 3 aromatic heterocycles. The van der Waals surface area contributed by atoms with Gasteiger partial charge in [0.2, 0.25) is 5.13 Å². The van der Waals surface area contributed by atoms with Crippen molar-refractivity contribution in [2.45, 2.75) is 45.0 Å². The van der Waals surface area contributed by atoms with Crippen LogP contribution in [0.4, 0.5) is 13.9 Å². The first-order chi connectivity index (χ1) is 15.8. The summed E-state index contributed by atoms with van der Waals surface area (Å²) >= 11 is 7.31. The number of carbonyl (C=O) groups excluding carboxylic acids is 1. The molecular weight excluding hydrogens is 472 g/mol. The molecule has 1 fully saturated rings. The maximum absolute atomic E-state index is 13.4. The molecule has 0 radical (unpaired) electrons. The molecule has 4 rings (SSSR count). The van der Waals surface area contributed by atoms with Gasteiger partial charge >= 0.3 is 0 Å². The van der Waals surface area contributed by atoms with E-state index in [0.29, 0.717) is 64.0 Å². The number of halogens is 3. The fourth-order valence-corrected chi connectivity index (χ4v) is 4.68. The minimum Gasteiger partial charge on any atom is -0.494 e. The normalized spacial score (nSPS) is 16.8. The minimum absolute atomic E-state index is 0.0138. The van der Waals surface area contributed by atoms with Crippen molar-refractivity contribution in [1.29, 1.82) is 0 Å². The average Bonchev–Trinajstić information content (AvgIpc) is 3.22. The van der Waals surface area contributed by atoms with Crippen molar-refractivity contribution in [2.75, 3.05) is 12.4 Å². The average molecular weight is 494 g/mol. The second-order valence-corrected chi connectivity index (χ2v) is 9.37. The third-order valence-corrected chi connectivity index (χ3v) is 6.79. The second kappa shape index (κ2) is 9.64. The zero-order valence-electron chi connectivity index (χ0n) is 18.1. The van der Waals surface area contributed by atoms with Crippen LogP contribution in [0.2, 0.25) is 5.15 Å². The summed E-state index contributed by atoms with van der Waals surface area (Å²) in [6.45, 7) is 1.82. The number of carbonyl (C=O) groups is 1. The lowest BCUT2D eigenvalue weighted by atomic mass is 9.77. The smallest absolute Gasteiger partial charge is 0.259 e. The SMILES string of the molecule is COc1cnc(Cl)cc1-c1cc(C)ncc1C(=O)Nc1nnc(CCCC2CCC2(F)F)s1. The van der Waals surface area contributed by atoms with Crippen LogP contribution in [0.25, 0.3) is 11.1 Å². The van der Waals surface area contributed by atoms with E-state index in [0.717, 1.165) is 0 Å². The highest BCUT2D eigenvalue weighted by molar-refractivity contribution is 7.15. The Morgan fingerprint density at radius 2 is 2.09 bits per heavy atom. The van der Waals surface area contributed by atoms with Gasteiger partial charge in [0.1, 0.15) is 15.9 Å². The standard InChI is InChI=1S/C22H22ClF2N5O2S/c1-12-8-14(15-9-18(23)27-11-17(15)32-2)16(10-26-12)20(31)28-21-30-29-19(33-21)5-3-4-13-6-7-22(13,24)25/h8-11,13H,3-7H2,1-2H3,(H,28,30,31). The lowest BCUT2D eigenvalue weighted by Gasteiger charge is -2.36. The zero-order chi connectivity index (χ0) is 23.6. The van der Waals surface area contributed by atoms with Crippen LogP contribution in [0.15, 0.2) is 24.5 Å². The number of ether oxygens (including phenoxy) is 1. The van der Waals surface area contributed by atoms with Crippen molar-refractivity contribution < 1.29 is 18.3 Å². The van der Waals surface area contributed by atoms with E-state index < -0.39 is 17.7 Å². The number of hydrogen-bond donors (Lipinski definition) is 1. The quantitative estimate of drug-likeness (QED) is 0.412. The molecular formula is C22H22ClF2N5O2S. The van der Waals surface area contributed by atoms with Crippen LogP contribution >= 0.6 is 22.9 Å². The van der Waals surface area contributed by atoms with Gasteiger partial charge in [-0.2, -0.15) is 0 Å². The van der Waals surface area contributed by atoms with E-state index in [4.69, 9.17) is 16.3 Å². The van der Waals surface area contributed by atoms with Crippen LogP contribution in [0.3, 0.4) is 0 Å². The summed E-state index contributed by atoms with van der Waals surface area (Å²) in [6.07, 6.45) is 5.15. The fourth-order valence-electron chi connectivity index (χ4n) is 3.75. The fraction of sp³-hybridized carbons (Fsp3) is 0.409. The summed E-state index contributed by atoms with van der Waals surface area (Å²) < 4.78 is 32.2. The number of methoxy groups -OCH3 is 1. The molecule has 11 heteroatoms. The summed E-state index contributed by atoms with van der Waals surface area (Å²) in [7, 11) is 1.51. The van der Waals surface area contributed by atoms with Crippen LogP contribution in [0.1, 0.15) is 46.7 Å². The number of pyridine rings is 2. The molecule has 1 atom stereocenters. The van der Waals surface area contributed by atoms with Crippen molar-refractivity contribution in [3.63, 3.8) is 0 Å². The Balaban J connectivity index is 1.47. The summed E-state index contributed by atoms with van der Waals surface area (Å²) in [6, 6.07) is 3.39. The van der Waals surface area contributed by atoms with Crippen LogP contribution < -0.4 is 10.1 Å². The summed E-state index contributed by atoms with van der Waals surface area (Å²) in [5, 5.41) is 12.1. The molecule has 1 aliphatic rings. The number of amides is 1. The Hall–Kier alpha value is -2.72. The van der Waals surface area contributed by atoms with Gasteiger partial charge in [0.05, 0.1) is 18.9 Å². The Labute approximate surface area is 198 Å². The van der Waals surface area contributed by atoms with Gasteiger partial charge in [-0.1, -0.05) is 22.9 Å². The van der Waals surface area contributed by atoms with Gasteiger partial charge in [-0.15, -0.1) is 10.2 Å². The van der Waals surface area contributed by atoms with E-state index >= 15 is 0 Å². The predicted octanol–water partition coefficient (Wildman–Crippen LogP) is 5.59. The van der Waals surface area contributed by atoms with Gasteiger partial charge < -0.3 is 4.74 Å². The minimum atomic E-state index is -2.53. The molecule has 174 valence electrons. The number of aromatic nitrogens is 4. The molecule has 1 saturated carbocycles. The molecule has 1 amide bonds. The molecule has 0 aromatic carbocycles. The lowest BCUT2D eigenvalue weighted by Crippen LogP contribution is -2.38. The van der Waals surface area contributed by atoms with Crippen molar-refractivity contribution in [1.82, 2.24) is 20.2 Å². The van der Waals surface area contributed by atoms with Crippen molar-refractivity contribution in [2.24, 2.45) is 5.92 Å². The number of aryl methyl sites for hydroxylation is 2. The summed E-state index contributed by atoms with van der Waals surface area (Å²) in [4.78, 5) is 21.3. The lowest BCUT2D eigenvalue weighted by molar-refractivity contribution is -0.134. The van der Waals surface area contributed by atoms with Crippen LogP contribution in [0, 0.1) is 12.8 Å². The molecule has 1 N–H and O–H groups in total. The van der Waals surface area contributed by atoms with E-state index in [-0.39, 0.29) is 11.6 Å². The largest absolute Gasteiger partial charge is 0.494 e. The third kappa shape index (κ3) is 5.27. The predicted molar refractivity (Wildman–Crippen MR) is 122 cm³/mol. The second-order valence-electron chi connectivity index (χ2n) is 7.92. The number of nitrogens with one attached hydrogen (secondary N) is 1. The molecule has 0 saturated heterocycles. The summed E-state index contributed by atoms with van der Waals surface area (Å²) in [5.41, 5.74) is 2.23. The molecule has 33 heavy (non-hydrogen) atoms. The number of alkyl halides is 2. The van der Waals surface area contributed by atoms with Crippen molar-refractivity contribution in [3.05, 3.63) is 45.9 Å². The first-order valence-electron chi connectivity index (χ1n) is 10.4. The highest BCUT2D eigenvalue weighted by Gasteiger charge is 2.47. The number of nitrogens with zero attached hydrogens (tertiary/aromatic N) is 4. The van der Waals surface area contributed by atoms with Crippen molar-refractivity contribution in [3.8, 4) is 16.9 Å². The van der Waals surface area contributed by atoms with Gasteiger partial charge in [-0.3, -0.25) is 15.1 Å². The Morgan fingerprint density at radius 3 is 2.79 bits per heavy atom. The zero-order valence-corrected chi connectivity index (χ0v) is 19.6. The maximum atomic E-state index is 13.4. The molecule has 0 aliphatic heterocycles. The van der Waals surface area contributed by atoms with Gasteiger partial charge in [-0.25, -0.2) is 13.8 Å². The van der Waals surface area contributed by atoms with Crippen LogP contribution in [0.5, 0.6) is 5.75 Å². The summed E-state index contributed by atoms with van der Waals surface area (Å²) in [5.74, 6) is -3.00. The molecule has 3 aromatic rings. The number of rotatable bonds is 8. The monoisotopic (exact) mass is 493 g/mol. The Morgan fingerprint density at radius 1 is 1.27 bits per heavy atom. The molecule has 1 unspecified atom stereocenters. The van der Waals surface area contributed by atoms with E-state index in [1.54, 1.807) is 12.1 Å². The van der Waals surface area contributed by atoms with Gasteiger partial charge in [-0.05, 0) is 38.3 Å².